The first kappa shape index (κ1) is 15.6. The van der Waals surface area contributed by atoms with Gasteiger partial charge >= 0.3 is 0 Å². The second kappa shape index (κ2) is 6.04. The van der Waals surface area contributed by atoms with Crippen molar-refractivity contribution in [2.24, 2.45) is 5.73 Å². The van der Waals surface area contributed by atoms with Crippen LogP contribution in [-0.4, -0.2) is 15.1 Å². The Bertz CT molecular complexity index is 861. The predicted molar refractivity (Wildman–Crippen MR) is 85.0 cm³/mol. The highest BCUT2D eigenvalue weighted by Gasteiger charge is 2.35. The molecule has 0 radical (unpaired) electrons. The summed E-state index contributed by atoms with van der Waals surface area (Å²) in [5.74, 6) is -0.110. The van der Waals surface area contributed by atoms with E-state index in [4.69, 9.17) is 10.5 Å². The summed E-state index contributed by atoms with van der Waals surface area (Å²) in [4.78, 5) is 10.4. The average molecular weight is 325 g/mol. The highest BCUT2D eigenvalue weighted by Crippen LogP contribution is 2.43. The Morgan fingerprint density at radius 3 is 2.75 bits per heavy atom. The molecule has 0 fully saturated rings. The van der Waals surface area contributed by atoms with Gasteiger partial charge < -0.3 is 10.5 Å². The zero-order valence-corrected chi connectivity index (χ0v) is 12.9. The monoisotopic (exact) mass is 325 g/mol. The van der Waals surface area contributed by atoms with Crippen molar-refractivity contribution in [3.8, 4) is 11.9 Å². The molecule has 24 heavy (non-hydrogen) atoms. The fourth-order valence-electron chi connectivity index (χ4n) is 2.87. The number of aromatic amines is 1. The van der Waals surface area contributed by atoms with Crippen molar-refractivity contribution in [1.82, 2.24) is 10.2 Å². The van der Waals surface area contributed by atoms with E-state index in [1.807, 2.05) is 6.92 Å². The van der Waals surface area contributed by atoms with Crippen molar-refractivity contribution in [2.45, 2.75) is 25.7 Å². The highest BCUT2D eigenvalue weighted by atomic mass is 16.6. The maximum absolute atomic E-state index is 10.8. The first-order valence-electron chi connectivity index (χ1n) is 7.45. The SMILES string of the molecule is CCCc1[nH]nc2c1C(c1ccc([N+](=O)[O-])cc1)C(C#N)=C(N)O2. The van der Waals surface area contributed by atoms with Gasteiger partial charge in [-0.1, -0.05) is 25.5 Å². The van der Waals surface area contributed by atoms with E-state index < -0.39 is 10.8 Å². The number of hydrogen-bond acceptors (Lipinski definition) is 6. The van der Waals surface area contributed by atoms with Gasteiger partial charge in [-0.05, 0) is 12.0 Å². The molecule has 0 saturated carbocycles. The van der Waals surface area contributed by atoms with Crippen LogP contribution in [0, 0.1) is 21.4 Å². The lowest BCUT2D eigenvalue weighted by molar-refractivity contribution is -0.384. The van der Waals surface area contributed by atoms with Gasteiger partial charge in [-0.15, -0.1) is 5.10 Å². The number of aromatic nitrogens is 2. The Kier molecular flexibility index (Phi) is 3.92. The zero-order chi connectivity index (χ0) is 17.3. The third kappa shape index (κ3) is 2.46. The Morgan fingerprint density at radius 2 is 2.17 bits per heavy atom. The van der Waals surface area contributed by atoms with Crippen LogP contribution in [0.5, 0.6) is 5.88 Å². The molecule has 1 aliphatic rings. The van der Waals surface area contributed by atoms with Crippen LogP contribution in [0.3, 0.4) is 0 Å². The van der Waals surface area contributed by atoms with Crippen LogP contribution in [0.4, 0.5) is 5.69 Å². The number of nitrogens with zero attached hydrogens (tertiary/aromatic N) is 3. The first-order valence-corrected chi connectivity index (χ1v) is 7.45. The van der Waals surface area contributed by atoms with Crippen molar-refractivity contribution >= 4 is 5.69 Å². The minimum Gasteiger partial charge on any atom is -0.420 e. The van der Waals surface area contributed by atoms with Gasteiger partial charge in [-0.3, -0.25) is 15.2 Å². The molecule has 2 heterocycles. The fraction of sp³-hybridized carbons (Fsp3) is 0.250. The Labute approximate surface area is 137 Å². The highest BCUT2D eigenvalue weighted by molar-refractivity contribution is 5.55. The molecule has 0 amide bonds. The summed E-state index contributed by atoms with van der Waals surface area (Å²) in [6.07, 6.45) is 1.64. The normalized spacial score (nSPS) is 16.2. The summed E-state index contributed by atoms with van der Waals surface area (Å²) in [7, 11) is 0. The maximum atomic E-state index is 10.8. The molecule has 1 aromatic carbocycles. The first-order chi connectivity index (χ1) is 11.6. The molecule has 3 rings (SSSR count). The van der Waals surface area contributed by atoms with Gasteiger partial charge in [0, 0.05) is 23.4 Å². The molecular weight excluding hydrogens is 310 g/mol. The van der Waals surface area contributed by atoms with Crippen molar-refractivity contribution in [3.63, 3.8) is 0 Å². The molecule has 122 valence electrons. The van der Waals surface area contributed by atoms with E-state index in [1.165, 1.54) is 12.1 Å². The number of nitrogens with two attached hydrogens (primary N) is 1. The number of aryl methyl sites for hydroxylation is 1. The summed E-state index contributed by atoms with van der Waals surface area (Å²) in [5.41, 5.74) is 8.49. The van der Waals surface area contributed by atoms with Crippen LogP contribution >= 0.6 is 0 Å². The molecule has 8 nitrogen and oxygen atoms in total. The summed E-state index contributed by atoms with van der Waals surface area (Å²) >= 11 is 0. The van der Waals surface area contributed by atoms with Crippen LogP contribution in [-0.2, 0) is 6.42 Å². The van der Waals surface area contributed by atoms with Crippen molar-refractivity contribution in [3.05, 3.63) is 62.7 Å². The van der Waals surface area contributed by atoms with Gasteiger partial charge in [0.2, 0.25) is 11.8 Å². The predicted octanol–water partition coefficient (Wildman–Crippen LogP) is 2.49. The Hall–Kier alpha value is -3.34. The summed E-state index contributed by atoms with van der Waals surface area (Å²) < 4.78 is 5.46. The van der Waals surface area contributed by atoms with Gasteiger partial charge in [0.25, 0.3) is 5.69 Å². The van der Waals surface area contributed by atoms with Crippen molar-refractivity contribution in [1.29, 1.82) is 5.26 Å². The third-order valence-electron chi connectivity index (χ3n) is 3.96. The van der Waals surface area contributed by atoms with E-state index in [0.29, 0.717) is 5.88 Å². The van der Waals surface area contributed by atoms with Gasteiger partial charge in [0.1, 0.15) is 11.6 Å². The van der Waals surface area contributed by atoms with E-state index in [2.05, 4.69) is 16.3 Å². The number of benzene rings is 1. The largest absolute Gasteiger partial charge is 0.420 e. The lowest BCUT2D eigenvalue weighted by Crippen LogP contribution is -2.21. The van der Waals surface area contributed by atoms with Crippen LogP contribution in [0.25, 0.3) is 0 Å². The topological polar surface area (TPSA) is 131 Å². The third-order valence-corrected chi connectivity index (χ3v) is 3.96. The number of rotatable bonds is 4. The Balaban J connectivity index is 2.15. The number of fused-ring (bicyclic) bond motifs is 1. The molecule has 0 bridgehead atoms. The number of ether oxygens (including phenoxy) is 1. The molecule has 0 aliphatic carbocycles. The van der Waals surface area contributed by atoms with Crippen molar-refractivity contribution < 1.29 is 9.66 Å². The Morgan fingerprint density at radius 1 is 1.46 bits per heavy atom. The molecule has 1 atom stereocenters. The van der Waals surface area contributed by atoms with Crippen molar-refractivity contribution in [2.75, 3.05) is 0 Å². The second-order valence-corrected chi connectivity index (χ2v) is 5.44. The number of H-pyrrole nitrogens is 1. The molecular formula is C16H15N5O3. The number of nitriles is 1. The minimum atomic E-state index is -0.463. The van der Waals surface area contributed by atoms with Gasteiger partial charge in [-0.25, -0.2) is 0 Å². The molecule has 0 spiro atoms. The number of nitro groups is 1. The lowest BCUT2D eigenvalue weighted by atomic mass is 9.83. The van der Waals surface area contributed by atoms with E-state index in [9.17, 15) is 15.4 Å². The molecule has 2 aromatic rings. The van der Waals surface area contributed by atoms with E-state index in [-0.39, 0.29) is 17.1 Å². The molecule has 3 N–H and O–H groups in total. The number of nitro benzene ring substituents is 1. The molecule has 1 unspecified atom stereocenters. The fourth-order valence-corrected chi connectivity index (χ4v) is 2.87. The smallest absolute Gasteiger partial charge is 0.269 e. The van der Waals surface area contributed by atoms with Crippen LogP contribution in [0.1, 0.15) is 36.1 Å². The second-order valence-electron chi connectivity index (χ2n) is 5.44. The van der Waals surface area contributed by atoms with E-state index in [1.54, 1.807) is 12.1 Å². The summed E-state index contributed by atoms with van der Waals surface area (Å²) in [6, 6.07) is 8.18. The van der Waals surface area contributed by atoms with Crippen LogP contribution < -0.4 is 10.5 Å². The zero-order valence-electron chi connectivity index (χ0n) is 12.9. The lowest BCUT2D eigenvalue weighted by Gasteiger charge is -2.24. The minimum absolute atomic E-state index is 0.00269. The number of allylic oxidation sites excluding steroid dienone is 1. The summed E-state index contributed by atoms with van der Waals surface area (Å²) in [6.45, 7) is 2.03. The van der Waals surface area contributed by atoms with Gasteiger partial charge in [-0.2, -0.15) is 5.26 Å². The van der Waals surface area contributed by atoms with E-state index >= 15 is 0 Å². The van der Waals surface area contributed by atoms with Crippen LogP contribution in [0.2, 0.25) is 0 Å². The van der Waals surface area contributed by atoms with E-state index in [0.717, 1.165) is 29.7 Å². The quantitative estimate of drug-likeness (QED) is 0.656. The molecule has 0 saturated heterocycles. The molecule has 8 heteroatoms. The standard InChI is InChI=1S/C16H15N5O3/c1-2-3-12-14-13(9-4-6-10(7-5-9)21(22)23)11(8-17)15(18)24-16(14)20-19-12/h4-7,13H,2-3,18H2,1H3,(H,19,20). The number of non-ortho nitro benzene ring substituents is 1. The molecule has 1 aliphatic heterocycles. The van der Waals surface area contributed by atoms with Gasteiger partial charge in [0.15, 0.2) is 0 Å². The van der Waals surface area contributed by atoms with Crippen LogP contribution in [0.15, 0.2) is 35.7 Å². The summed E-state index contributed by atoms with van der Waals surface area (Å²) in [5, 5.41) is 27.4. The molecule has 1 aromatic heterocycles. The average Bonchev–Trinajstić information content (AvgIpc) is 2.96. The van der Waals surface area contributed by atoms with Gasteiger partial charge in [0.05, 0.1) is 10.8 Å². The number of hydrogen-bond donors (Lipinski definition) is 2. The number of nitrogens with one attached hydrogen (secondary N) is 1. The maximum Gasteiger partial charge on any atom is 0.269 e.